The second-order valence-corrected chi connectivity index (χ2v) is 7.99. The summed E-state index contributed by atoms with van der Waals surface area (Å²) < 4.78 is 1.72. The standard InChI is InChI=1S/C20H23ClN4O2/c1-3-25-16(8-12-22-25)23-17(26)19(2)11-13-24(19)18(27)20(9-10-20)14-4-6-15(21)7-5-14/h4-8,12H,3,9-11,13H2,1-2H3,(H,23,26). The summed E-state index contributed by atoms with van der Waals surface area (Å²) in [5.41, 5.74) is -0.352. The van der Waals surface area contributed by atoms with E-state index in [4.69, 9.17) is 11.6 Å². The van der Waals surface area contributed by atoms with E-state index >= 15 is 0 Å². The van der Waals surface area contributed by atoms with E-state index in [1.54, 1.807) is 21.8 Å². The summed E-state index contributed by atoms with van der Waals surface area (Å²) in [4.78, 5) is 28.0. The fourth-order valence-electron chi connectivity index (χ4n) is 3.84. The molecule has 7 heteroatoms. The van der Waals surface area contributed by atoms with Crippen LogP contribution in [0.15, 0.2) is 36.5 Å². The SMILES string of the molecule is CCn1nccc1NC(=O)C1(C)CCN1C(=O)C1(c2ccc(Cl)cc2)CC1. The number of nitrogens with zero attached hydrogens (tertiary/aromatic N) is 3. The molecule has 1 N–H and O–H groups in total. The molecule has 6 nitrogen and oxygen atoms in total. The zero-order valence-electron chi connectivity index (χ0n) is 15.5. The van der Waals surface area contributed by atoms with Gasteiger partial charge in [0, 0.05) is 24.2 Å². The Morgan fingerprint density at radius 2 is 1.89 bits per heavy atom. The van der Waals surface area contributed by atoms with Gasteiger partial charge in [-0.1, -0.05) is 23.7 Å². The van der Waals surface area contributed by atoms with Gasteiger partial charge < -0.3 is 10.2 Å². The number of carbonyl (C=O) groups is 2. The first-order valence-corrected chi connectivity index (χ1v) is 9.70. The average molecular weight is 387 g/mol. The van der Waals surface area contributed by atoms with Crippen molar-refractivity contribution in [2.24, 2.45) is 0 Å². The number of nitrogens with one attached hydrogen (secondary N) is 1. The smallest absolute Gasteiger partial charge is 0.251 e. The minimum atomic E-state index is -0.831. The molecular formula is C20H23ClN4O2. The van der Waals surface area contributed by atoms with Crippen LogP contribution in [0.5, 0.6) is 0 Å². The number of likely N-dealkylation sites (tertiary alicyclic amines) is 1. The molecule has 1 aromatic carbocycles. The molecule has 1 aliphatic heterocycles. The summed E-state index contributed by atoms with van der Waals surface area (Å²) in [5, 5.41) is 7.77. The van der Waals surface area contributed by atoms with Crippen LogP contribution < -0.4 is 5.32 Å². The highest BCUT2D eigenvalue weighted by Gasteiger charge is 2.59. The van der Waals surface area contributed by atoms with E-state index in [1.165, 1.54) is 0 Å². The van der Waals surface area contributed by atoms with Crippen LogP contribution in [0.4, 0.5) is 5.82 Å². The van der Waals surface area contributed by atoms with Gasteiger partial charge in [-0.25, -0.2) is 4.68 Å². The van der Waals surface area contributed by atoms with Crippen molar-refractivity contribution in [1.29, 1.82) is 0 Å². The molecule has 0 radical (unpaired) electrons. The van der Waals surface area contributed by atoms with Crippen molar-refractivity contribution in [1.82, 2.24) is 14.7 Å². The van der Waals surface area contributed by atoms with Crippen molar-refractivity contribution in [3.63, 3.8) is 0 Å². The van der Waals surface area contributed by atoms with Crippen molar-refractivity contribution in [2.45, 2.75) is 50.6 Å². The third kappa shape index (κ3) is 2.83. The third-order valence-corrected chi connectivity index (χ3v) is 6.22. The van der Waals surface area contributed by atoms with Crippen LogP contribution in [-0.4, -0.2) is 38.6 Å². The molecule has 1 aliphatic carbocycles. The van der Waals surface area contributed by atoms with Gasteiger partial charge in [-0.15, -0.1) is 0 Å². The molecule has 1 atom stereocenters. The predicted molar refractivity (Wildman–Crippen MR) is 104 cm³/mol. The van der Waals surface area contributed by atoms with Crippen molar-refractivity contribution >= 4 is 29.2 Å². The van der Waals surface area contributed by atoms with Gasteiger partial charge in [0.25, 0.3) is 5.91 Å². The van der Waals surface area contributed by atoms with Gasteiger partial charge in [-0.2, -0.15) is 5.10 Å². The van der Waals surface area contributed by atoms with E-state index in [-0.39, 0.29) is 11.8 Å². The van der Waals surface area contributed by atoms with Gasteiger partial charge in [-0.3, -0.25) is 9.59 Å². The van der Waals surface area contributed by atoms with Crippen LogP contribution in [0.1, 0.15) is 38.7 Å². The molecule has 1 unspecified atom stereocenters. The lowest BCUT2D eigenvalue weighted by Gasteiger charge is -2.50. The molecule has 1 saturated heterocycles. The average Bonchev–Trinajstić information content (AvgIpc) is 3.34. The summed E-state index contributed by atoms with van der Waals surface area (Å²) in [5.74, 6) is 0.531. The Labute approximate surface area is 163 Å². The Morgan fingerprint density at radius 3 is 2.44 bits per heavy atom. The summed E-state index contributed by atoms with van der Waals surface area (Å²) >= 11 is 5.99. The van der Waals surface area contributed by atoms with Crippen molar-refractivity contribution in [2.75, 3.05) is 11.9 Å². The van der Waals surface area contributed by atoms with Crippen LogP contribution in [0.25, 0.3) is 0 Å². The summed E-state index contributed by atoms with van der Waals surface area (Å²) in [6.45, 7) is 5.08. The van der Waals surface area contributed by atoms with Crippen molar-refractivity contribution in [3.8, 4) is 0 Å². The first kappa shape index (κ1) is 18.0. The minimum Gasteiger partial charge on any atom is -0.327 e. The van der Waals surface area contributed by atoms with Crippen LogP contribution in [-0.2, 0) is 21.5 Å². The molecule has 2 heterocycles. The van der Waals surface area contributed by atoms with Gasteiger partial charge in [0.1, 0.15) is 11.4 Å². The lowest BCUT2D eigenvalue weighted by Crippen LogP contribution is -2.67. The lowest BCUT2D eigenvalue weighted by atomic mass is 9.82. The summed E-state index contributed by atoms with van der Waals surface area (Å²) in [7, 11) is 0. The summed E-state index contributed by atoms with van der Waals surface area (Å²) in [6.07, 6.45) is 3.93. The van der Waals surface area contributed by atoms with Gasteiger partial charge in [0.2, 0.25) is 5.91 Å². The molecule has 2 aromatic rings. The number of aryl methyl sites for hydroxylation is 1. The molecule has 2 fully saturated rings. The second-order valence-electron chi connectivity index (χ2n) is 7.56. The molecule has 1 aromatic heterocycles. The van der Waals surface area contributed by atoms with Gasteiger partial charge in [-0.05, 0) is 50.8 Å². The Balaban J connectivity index is 1.53. The molecule has 2 aliphatic rings. The number of hydrogen-bond donors (Lipinski definition) is 1. The lowest BCUT2D eigenvalue weighted by molar-refractivity contribution is -0.156. The number of benzene rings is 1. The Morgan fingerprint density at radius 1 is 1.19 bits per heavy atom. The van der Waals surface area contributed by atoms with E-state index in [9.17, 15) is 9.59 Å². The fraction of sp³-hybridized carbons (Fsp3) is 0.450. The fourth-order valence-corrected chi connectivity index (χ4v) is 3.97. The first-order chi connectivity index (χ1) is 12.9. The number of aromatic nitrogens is 2. The minimum absolute atomic E-state index is 0.0396. The molecule has 2 amide bonds. The Hall–Kier alpha value is -2.34. The van der Waals surface area contributed by atoms with Gasteiger partial charge in [0.05, 0.1) is 11.6 Å². The highest BCUT2D eigenvalue weighted by Crippen LogP contribution is 2.52. The molecule has 1 saturated carbocycles. The molecule has 0 spiro atoms. The number of carbonyl (C=O) groups excluding carboxylic acids is 2. The predicted octanol–water partition coefficient (Wildman–Crippen LogP) is 3.22. The Bertz CT molecular complexity index is 888. The number of hydrogen-bond acceptors (Lipinski definition) is 3. The molecular weight excluding hydrogens is 364 g/mol. The normalized spacial score (nSPS) is 22.9. The zero-order valence-corrected chi connectivity index (χ0v) is 16.3. The van der Waals surface area contributed by atoms with Crippen LogP contribution in [0, 0.1) is 0 Å². The van der Waals surface area contributed by atoms with Crippen molar-refractivity contribution in [3.05, 3.63) is 47.1 Å². The number of amides is 2. The molecule has 4 rings (SSSR count). The molecule has 142 valence electrons. The highest BCUT2D eigenvalue weighted by molar-refractivity contribution is 6.30. The molecule has 0 bridgehead atoms. The van der Waals surface area contributed by atoms with E-state index in [0.717, 1.165) is 18.4 Å². The second kappa shape index (κ2) is 6.37. The van der Waals surface area contributed by atoms with E-state index in [2.05, 4.69) is 10.4 Å². The monoisotopic (exact) mass is 386 g/mol. The van der Waals surface area contributed by atoms with Gasteiger partial charge in [0.15, 0.2) is 0 Å². The highest BCUT2D eigenvalue weighted by atomic mass is 35.5. The maximum absolute atomic E-state index is 13.3. The Kier molecular flexibility index (Phi) is 4.26. The van der Waals surface area contributed by atoms with Crippen LogP contribution in [0.3, 0.4) is 0 Å². The topological polar surface area (TPSA) is 67.2 Å². The quantitative estimate of drug-likeness (QED) is 0.857. The van der Waals surface area contributed by atoms with Crippen molar-refractivity contribution < 1.29 is 9.59 Å². The number of anilines is 1. The first-order valence-electron chi connectivity index (χ1n) is 9.32. The van der Waals surface area contributed by atoms with Gasteiger partial charge >= 0.3 is 0 Å². The zero-order chi connectivity index (χ0) is 19.2. The maximum Gasteiger partial charge on any atom is 0.251 e. The van der Waals surface area contributed by atoms with E-state index in [1.807, 2.05) is 38.1 Å². The maximum atomic E-state index is 13.3. The van der Waals surface area contributed by atoms with Crippen LogP contribution >= 0.6 is 11.6 Å². The largest absolute Gasteiger partial charge is 0.327 e. The third-order valence-electron chi connectivity index (χ3n) is 5.97. The molecule has 27 heavy (non-hydrogen) atoms. The number of halogens is 1. The summed E-state index contributed by atoms with van der Waals surface area (Å²) in [6, 6.07) is 9.25. The van der Waals surface area contributed by atoms with E-state index < -0.39 is 11.0 Å². The van der Waals surface area contributed by atoms with E-state index in [0.29, 0.717) is 30.4 Å². The number of rotatable bonds is 5. The van der Waals surface area contributed by atoms with Crippen LogP contribution in [0.2, 0.25) is 5.02 Å².